The highest BCUT2D eigenvalue weighted by molar-refractivity contribution is 5.79. The topological polar surface area (TPSA) is 88.2 Å². The van der Waals surface area contributed by atoms with E-state index in [9.17, 15) is 0 Å². The first kappa shape index (κ1) is 19.2. The molecule has 1 aromatic heterocycles. The summed E-state index contributed by atoms with van der Waals surface area (Å²) in [7, 11) is 0. The van der Waals surface area contributed by atoms with Crippen molar-refractivity contribution in [1.82, 2.24) is 9.97 Å². The third kappa shape index (κ3) is 5.44. The molecule has 136 valence electrons. The van der Waals surface area contributed by atoms with E-state index in [4.69, 9.17) is 5.73 Å². The molecule has 2 aromatic rings. The molecule has 0 saturated heterocycles. The van der Waals surface area contributed by atoms with Crippen molar-refractivity contribution in [1.29, 1.82) is 0 Å². The first-order valence-electron chi connectivity index (χ1n) is 8.71. The predicted octanol–water partition coefficient (Wildman–Crippen LogP) is 4.63. The highest BCUT2D eigenvalue weighted by atomic mass is 15.1. The summed E-state index contributed by atoms with van der Waals surface area (Å²) in [6.45, 7) is 8.59. The van der Waals surface area contributed by atoms with Gasteiger partial charge in [-0.1, -0.05) is 25.5 Å². The molecule has 0 aliphatic heterocycles. The van der Waals surface area contributed by atoms with Gasteiger partial charge in [-0.15, -0.1) is 0 Å². The van der Waals surface area contributed by atoms with Crippen LogP contribution in [0, 0.1) is 0 Å². The maximum Gasteiger partial charge on any atom is 0.224 e. The van der Waals surface area contributed by atoms with Gasteiger partial charge in [-0.25, -0.2) is 4.98 Å². The number of hydrogen-bond acceptors (Lipinski definition) is 6. The minimum atomic E-state index is 0.578. The van der Waals surface area contributed by atoms with Crippen LogP contribution in [0.5, 0.6) is 0 Å². The number of nitrogens with one attached hydrogen (secondary N) is 2. The molecular formula is C20H26N6. The summed E-state index contributed by atoms with van der Waals surface area (Å²) in [5, 5.41) is 6.57. The molecule has 1 heterocycles. The molecular weight excluding hydrogens is 324 g/mol. The molecule has 0 atom stereocenters. The highest BCUT2D eigenvalue weighted by Gasteiger charge is 2.11. The number of allylic oxidation sites excluding steroid dienone is 3. The van der Waals surface area contributed by atoms with Crippen molar-refractivity contribution in [3.8, 4) is 0 Å². The second kappa shape index (κ2) is 9.98. The number of nitrogens with zero attached hydrogens (tertiary/aromatic N) is 3. The van der Waals surface area contributed by atoms with E-state index in [0.717, 1.165) is 30.6 Å². The molecule has 26 heavy (non-hydrogen) atoms. The van der Waals surface area contributed by atoms with Crippen LogP contribution < -0.4 is 16.4 Å². The molecule has 4 N–H and O–H groups in total. The van der Waals surface area contributed by atoms with Crippen molar-refractivity contribution in [3.05, 3.63) is 54.3 Å². The third-order valence-electron chi connectivity index (χ3n) is 3.67. The Labute approximate surface area is 155 Å². The van der Waals surface area contributed by atoms with E-state index in [-0.39, 0.29) is 0 Å². The van der Waals surface area contributed by atoms with E-state index < -0.39 is 0 Å². The lowest BCUT2D eigenvalue weighted by molar-refractivity contribution is 0.826. The molecule has 6 heteroatoms. The van der Waals surface area contributed by atoms with Crippen LogP contribution in [-0.2, 0) is 0 Å². The van der Waals surface area contributed by atoms with E-state index in [1.165, 1.54) is 0 Å². The smallest absolute Gasteiger partial charge is 0.224 e. The SMILES string of the molecule is C=N/C(=C\C=C/C)c1cnc(NCCCC)nc1Nc1ccc(N)cc1. The van der Waals surface area contributed by atoms with E-state index >= 15 is 0 Å². The monoisotopic (exact) mass is 350 g/mol. The summed E-state index contributed by atoms with van der Waals surface area (Å²) >= 11 is 0. The van der Waals surface area contributed by atoms with Gasteiger partial charge >= 0.3 is 0 Å². The Bertz CT molecular complexity index is 777. The van der Waals surface area contributed by atoms with Gasteiger partial charge in [0.1, 0.15) is 5.82 Å². The van der Waals surface area contributed by atoms with Crippen LogP contribution in [0.4, 0.5) is 23.1 Å². The number of nitrogens with two attached hydrogens (primary N) is 1. The summed E-state index contributed by atoms with van der Waals surface area (Å²) in [5.74, 6) is 1.24. The summed E-state index contributed by atoms with van der Waals surface area (Å²) < 4.78 is 0. The van der Waals surface area contributed by atoms with Crippen molar-refractivity contribution in [3.63, 3.8) is 0 Å². The molecule has 0 spiro atoms. The minimum Gasteiger partial charge on any atom is -0.399 e. The molecule has 0 saturated carbocycles. The Morgan fingerprint density at radius 2 is 2.08 bits per heavy atom. The number of anilines is 4. The van der Waals surface area contributed by atoms with Gasteiger partial charge in [0, 0.05) is 24.1 Å². The molecule has 2 rings (SSSR count). The lowest BCUT2D eigenvalue weighted by Crippen LogP contribution is -2.08. The molecule has 6 nitrogen and oxygen atoms in total. The fourth-order valence-electron chi connectivity index (χ4n) is 2.24. The normalized spacial score (nSPS) is 11.5. The van der Waals surface area contributed by atoms with Gasteiger partial charge in [-0.3, -0.25) is 4.99 Å². The lowest BCUT2D eigenvalue weighted by Gasteiger charge is -2.13. The van der Waals surface area contributed by atoms with Gasteiger partial charge in [0.2, 0.25) is 5.95 Å². The predicted molar refractivity (Wildman–Crippen MR) is 112 cm³/mol. The molecule has 0 aliphatic carbocycles. The van der Waals surface area contributed by atoms with E-state index in [1.807, 2.05) is 49.4 Å². The number of aromatic nitrogens is 2. The summed E-state index contributed by atoms with van der Waals surface area (Å²) in [5.41, 5.74) is 8.83. The van der Waals surface area contributed by atoms with Crippen LogP contribution in [0.15, 0.2) is 53.7 Å². The average Bonchev–Trinajstić information content (AvgIpc) is 2.65. The number of nitrogen functional groups attached to an aromatic ring is 1. The quantitative estimate of drug-likeness (QED) is 0.265. The molecule has 0 bridgehead atoms. The first-order valence-corrected chi connectivity index (χ1v) is 8.71. The summed E-state index contributed by atoms with van der Waals surface area (Å²) in [4.78, 5) is 13.1. The molecule has 0 aliphatic rings. The number of aliphatic imine (C=N–C) groups is 1. The first-order chi connectivity index (χ1) is 12.7. The van der Waals surface area contributed by atoms with Crippen LogP contribution in [0.2, 0.25) is 0 Å². The van der Waals surface area contributed by atoms with E-state index in [2.05, 4.69) is 39.2 Å². The maximum atomic E-state index is 5.76. The van der Waals surface area contributed by atoms with Crippen molar-refractivity contribution >= 4 is 35.6 Å². The van der Waals surface area contributed by atoms with Crippen molar-refractivity contribution in [2.24, 2.45) is 4.99 Å². The van der Waals surface area contributed by atoms with Gasteiger partial charge in [0.05, 0.1) is 11.3 Å². The Hall–Kier alpha value is -3.15. The van der Waals surface area contributed by atoms with E-state index in [1.54, 1.807) is 6.20 Å². The van der Waals surface area contributed by atoms with Crippen molar-refractivity contribution in [2.45, 2.75) is 26.7 Å². The zero-order chi connectivity index (χ0) is 18.8. The van der Waals surface area contributed by atoms with Crippen LogP contribution >= 0.6 is 0 Å². The van der Waals surface area contributed by atoms with Gasteiger partial charge in [-0.05, 0) is 50.4 Å². The fraction of sp³-hybridized carbons (Fsp3) is 0.250. The van der Waals surface area contributed by atoms with Crippen molar-refractivity contribution < 1.29 is 0 Å². The fourth-order valence-corrected chi connectivity index (χ4v) is 2.24. The number of benzene rings is 1. The Morgan fingerprint density at radius 3 is 2.73 bits per heavy atom. The standard InChI is InChI=1S/C20H26N6/c1-4-6-8-18(22-3)17-14-24-20(23-13-7-5-2)26-19(17)25-16-11-9-15(21)10-12-16/h4,6,8-12,14H,3,5,7,13,21H2,1-2H3,(H2,23,24,25,26)/b6-4-,18-8-. The zero-order valence-electron chi connectivity index (χ0n) is 15.4. The van der Waals surface area contributed by atoms with Crippen LogP contribution in [0.1, 0.15) is 32.3 Å². The molecule has 1 aromatic carbocycles. The van der Waals surface area contributed by atoms with Gasteiger partial charge in [0.15, 0.2) is 0 Å². The number of hydrogen-bond donors (Lipinski definition) is 3. The van der Waals surface area contributed by atoms with Gasteiger partial charge in [0.25, 0.3) is 0 Å². The molecule has 0 fully saturated rings. The average molecular weight is 350 g/mol. The van der Waals surface area contributed by atoms with E-state index in [0.29, 0.717) is 23.2 Å². The maximum absolute atomic E-state index is 5.76. The Balaban J connectivity index is 2.38. The largest absolute Gasteiger partial charge is 0.399 e. The molecule has 0 radical (unpaired) electrons. The Morgan fingerprint density at radius 1 is 1.31 bits per heavy atom. The molecule has 0 unspecified atom stereocenters. The van der Waals surface area contributed by atoms with Gasteiger partial charge in [-0.2, -0.15) is 4.98 Å². The van der Waals surface area contributed by atoms with Crippen LogP contribution in [0.25, 0.3) is 5.70 Å². The summed E-state index contributed by atoms with van der Waals surface area (Å²) in [6, 6.07) is 7.49. The molecule has 0 amide bonds. The second-order valence-electron chi connectivity index (χ2n) is 5.72. The van der Waals surface area contributed by atoms with Gasteiger partial charge < -0.3 is 16.4 Å². The van der Waals surface area contributed by atoms with Crippen LogP contribution in [0.3, 0.4) is 0 Å². The zero-order valence-corrected chi connectivity index (χ0v) is 15.4. The minimum absolute atomic E-state index is 0.578. The third-order valence-corrected chi connectivity index (χ3v) is 3.67. The lowest BCUT2D eigenvalue weighted by atomic mass is 10.2. The number of rotatable bonds is 9. The highest BCUT2D eigenvalue weighted by Crippen LogP contribution is 2.27. The summed E-state index contributed by atoms with van der Waals surface area (Å²) in [6.07, 6.45) is 9.64. The Kier molecular flexibility index (Phi) is 7.36. The number of unbranched alkanes of at least 4 members (excludes halogenated alkanes) is 1. The second-order valence-corrected chi connectivity index (χ2v) is 5.72. The van der Waals surface area contributed by atoms with Crippen molar-refractivity contribution in [2.75, 3.05) is 22.9 Å². The van der Waals surface area contributed by atoms with Crippen LogP contribution in [-0.4, -0.2) is 23.2 Å².